The monoisotopic (exact) mass is 311 g/mol. The van der Waals surface area contributed by atoms with E-state index in [4.69, 9.17) is 9.84 Å². The van der Waals surface area contributed by atoms with Gasteiger partial charge in [0.15, 0.2) is 5.69 Å². The van der Waals surface area contributed by atoms with Gasteiger partial charge >= 0.3 is 5.97 Å². The highest BCUT2D eigenvalue weighted by atomic mass is 32.1. The van der Waals surface area contributed by atoms with E-state index in [0.29, 0.717) is 18.8 Å². The molecule has 0 spiro atoms. The average molecular weight is 311 g/mol. The molecule has 2 aromatic rings. The third-order valence-electron chi connectivity index (χ3n) is 3.40. The molecule has 21 heavy (non-hydrogen) atoms. The maximum absolute atomic E-state index is 14.2. The van der Waals surface area contributed by atoms with Crippen molar-refractivity contribution in [1.82, 2.24) is 4.98 Å². The third kappa shape index (κ3) is 2.66. The number of halogens is 2. The fourth-order valence-corrected chi connectivity index (χ4v) is 3.16. The van der Waals surface area contributed by atoms with E-state index in [1.165, 1.54) is 17.5 Å². The number of ether oxygens (including phenoxy) is 1. The van der Waals surface area contributed by atoms with Crippen molar-refractivity contribution < 1.29 is 23.4 Å². The summed E-state index contributed by atoms with van der Waals surface area (Å²) in [6.45, 7) is 1.04. The fourth-order valence-electron chi connectivity index (χ4n) is 2.32. The minimum Gasteiger partial charge on any atom is -0.476 e. The van der Waals surface area contributed by atoms with Gasteiger partial charge in [-0.25, -0.2) is 18.6 Å². The summed E-state index contributed by atoms with van der Waals surface area (Å²) in [4.78, 5) is 14.5. The highest BCUT2D eigenvalue weighted by Gasteiger charge is 2.23. The van der Waals surface area contributed by atoms with Crippen molar-refractivity contribution in [2.75, 3.05) is 13.2 Å². The molecule has 1 aliphatic rings. The predicted octanol–water partition coefficient (Wildman–Crippen LogP) is 3.29. The number of benzene rings is 1. The Morgan fingerprint density at radius 1 is 1.38 bits per heavy atom. The summed E-state index contributed by atoms with van der Waals surface area (Å²) >= 11 is 0.901. The smallest absolute Gasteiger partial charge is 0.355 e. The van der Waals surface area contributed by atoms with E-state index in [0.717, 1.165) is 17.8 Å². The number of aromatic nitrogens is 1. The molecule has 4 nitrogen and oxygen atoms in total. The maximum atomic E-state index is 14.2. The van der Waals surface area contributed by atoms with E-state index in [2.05, 4.69) is 4.98 Å². The van der Waals surface area contributed by atoms with E-state index in [-0.39, 0.29) is 22.2 Å². The number of hydrogen-bond acceptors (Lipinski definition) is 4. The first kappa shape index (κ1) is 14.1. The van der Waals surface area contributed by atoms with Crippen LogP contribution in [0.4, 0.5) is 8.78 Å². The second-order valence-electron chi connectivity index (χ2n) is 4.76. The molecule has 1 aromatic heterocycles. The van der Waals surface area contributed by atoms with E-state index < -0.39 is 17.6 Å². The fraction of sp³-hybridized carbons (Fsp3) is 0.286. The number of thiazole rings is 1. The Labute approximate surface area is 123 Å². The van der Waals surface area contributed by atoms with Gasteiger partial charge < -0.3 is 9.84 Å². The molecule has 0 radical (unpaired) electrons. The summed E-state index contributed by atoms with van der Waals surface area (Å²) in [5.41, 5.74) is 0.0542. The van der Waals surface area contributed by atoms with Crippen LogP contribution in [0, 0.1) is 11.6 Å². The van der Waals surface area contributed by atoms with Gasteiger partial charge in [-0.3, -0.25) is 0 Å². The van der Waals surface area contributed by atoms with Gasteiger partial charge in [-0.05, 0) is 24.1 Å². The zero-order chi connectivity index (χ0) is 15.0. The first-order chi connectivity index (χ1) is 10.1. The van der Waals surface area contributed by atoms with Crippen LogP contribution in [0.2, 0.25) is 0 Å². The average Bonchev–Trinajstić information content (AvgIpc) is 3.09. The quantitative estimate of drug-likeness (QED) is 0.945. The molecule has 0 unspecified atom stereocenters. The predicted molar refractivity (Wildman–Crippen MR) is 72.6 cm³/mol. The summed E-state index contributed by atoms with van der Waals surface area (Å²) in [6, 6.07) is 2.55. The van der Waals surface area contributed by atoms with Crippen LogP contribution in [-0.2, 0) is 4.74 Å². The zero-order valence-corrected chi connectivity index (χ0v) is 11.6. The number of aromatic carboxylic acids is 1. The van der Waals surface area contributed by atoms with Gasteiger partial charge in [0.2, 0.25) is 0 Å². The molecule has 0 aliphatic carbocycles. The minimum atomic E-state index is -1.22. The molecule has 1 N–H and O–H groups in total. The molecule has 1 aliphatic heterocycles. The Bertz CT molecular complexity index is 672. The number of carboxylic acids is 1. The first-order valence-corrected chi connectivity index (χ1v) is 7.20. The lowest BCUT2D eigenvalue weighted by molar-refractivity contribution is 0.0691. The van der Waals surface area contributed by atoms with Gasteiger partial charge in [0.1, 0.15) is 16.6 Å². The topological polar surface area (TPSA) is 59.4 Å². The van der Waals surface area contributed by atoms with E-state index in [1.54, 1.807) is 0 Å². The largest absolute Gasteiger partial charge is 0.476 e. The SMILES string of the molecule is O=C(O)c1csc(-c2c(F)cc([C@@H]3CCOC3)cc2F)n1. The summed E-state index contributed by atoms with van der Waals surface area (Å²) < 4.78 is 33.6. The summed E-state index contributed by atoms with van der Waals surface area (Å²) in [6.07, 6.45) is 0.735. The Morgan fingerprint density at radius 3 is 2.62 bits per heavy atom. The van der Waals surface area contributed by atoms with E-state index in [1.807, 2.05) is 0 Å². The number of rotatable bonds is 3. The van der Waals surface area contributed by atoms with Crippen molar-refractivity contribution in [3.05, 3.63) is 40.4 Å². The van der Waals surface area contributed by atoms with E-state index >= 15 is 0 Å². The highest BCUT2D eigenvalue weighted by Crippen LogP contribution is 2.33. The summed E-state index contributed by atoms with van der Waals surface area (Å²) in [5, 5.41) is 10.1. The Balaban J connectivity index is 2.00. The Kier molecular flexibility index (Phi) is 3.69. The molecule has 1 saturated heterocycles. The van der Waals surface area contributed by atoms with Gasteiger partial charge in [-0.15, -0.1) is 11.3 Å². The molecule has 0 amide bonds. The molecule has 3 rings (SSSR count). The molecule has 1 atom stereocenters. The van der Waals surface area contributed by atoms with Crippen molar-refractivity contribution in [3.8, 4) is 10.6 Å². The molecule has 1 aromatic carbocycles. The van der Waals surface area contributed by atoms with Crippen LogP contribution in [0.1, 0.15) is 28.4 Å². The van der Waals surface area contributed by atoms with Crippen LogP contribution in [0.25, 0.3) is 10.6 Å². The van der Waals surface area contributed by atoms with Gasteiger partial charge in [-0.2, -0.15) is 0 Å². The number of carboxylic acid groups (broad SMARTS) is 1. The van der Waals surface area contributed by atoms with Gasteiger partial charge in [0.25, 0.3) is 0 Å². The van der Waals surface area contributed by atoms with Crippen LogP contribution >= 0.6 is 11.3 Å². The first-order valence-electron chi connectivity index (χ1n) is 6.32. The second kappa shape index (κ2) is 5.50. The van der Waals surface area contributed by atoms with Crippen molar-refractivity contribution in [3.63, 3.8) is 0 Å². The molecule has 1 fully saturated rings. The standard InChI is InChI=1S/C14H11F2NO3S/c15-9-3-8(7-1-2-20-5-7)4-10(16)12(9)13-17-11(6-21-13)14(18)19/h3-4,6-7H,1-2,5H2,(H,18,19)/t7-/m1/s1. The number of hydrogen-bond donors (Lipinski definition) is 1. The third-order valence-corrected chi connectivity index (χ3v) is 4.26. The lowest BCUT2D eigenvalue weighted by atomic mass is 9.97. The van der Waals surface area contributed by atoms with Crippen molar-refractivity contribution in [1.29, 1.82) is 0 Å². The van der Waals surface area contributed by atoms with Crippen molar-refractivity contribution >= 4 is 17.3 Å². The van der Waals surface area contributed by atoms with Crippen molar-refractivity contribution in [2.24, 2.45) is 0 Å². The van der Waals surface area contributed by atoms with Crippen LogP contribution in [0.5, 0.6) is 0 Å². The van der Waals surface area contributed by atoms with Gasteiger partial charge in [-0.1, -0.05) is 0 Å². The van der Waals surface area contributed by atoms with Crippen molar-refractivity contribution in [2.45, 2.75) is 12.3 Å². The normalized spacial score (nSPS) is 18.1. The molecule has 110 valence electrons. The lowest BCUT2D eigenvalue weighted by Crippen LogP contribution is -2.02. The lowest BCUT2D eigenvalue weighted by Gasteiger charge is -2.10. The van der Waals surface area contributed by atoms with Crippen LogP contribution in [0.15, 0.2) is 17.5 Å². The molecule has 2 heterocycles. The Morgan fingerprint density at radius 2 is 2.10 bits per heavy atom. The van der Waals surface area contributed by atoms with Crippen LogP contribution in [0.3, 0.4) is 0 Å². The Hall–Kier alpha value is -1.86. The number of carbonyl (C=O) groups is 1. The molecule has 0 bridgehead atoms. The zero-order valence-electron chi connectivity index (χ0n) is 10.8. The molecule has 0 saturated carbocycles. The van der Waals surface area contributed by atoms with Crippen LogP contribution in [-0.4, -0.2) is 29.3 Å². The summed E-state index contributed by atoms with van der Waals surface area (Å²) in [5.74, 6) is -2.70. The van der Waals surface area contributed by atoms with E-state index in [9.17, 15) is 13.6 Å². The minimum absolute atomic E-state index is 0.00562. The number of nitrogens with zero attached hydrogens (tertiary/aromatic N) is 1. The van der Waals surface area contributed by atoms with Gasteiger partial charge in [0.05, 0.1) is 12.2 Å². The van der Waals surface area contributed by atoms with Crippen LogP contribution < -0.4 is 0 Å². The van der Waals surface area contributed by atoms with Gasteiger partial charge in [0, 0.05) is 17.9 Å². The molecular weight excluding hydrogens is 300 g/mol. The highest BCUT2D eigenvalue weighted by molar-refractivity contribution is 7.13. The molecular formula is C14H11F2NO3S. The maximum Gasteiger partial charge on any atom is 0.355 e. The molecule has 7 heteroatoms. The summed E-state index contributed by atoms with van der Waals surface area (Å²) in [7, 11) is 0. The second-order valence-corrected chi connectivity index (χ2v) is 5.62.